The Balaban J connectivity index is 1.26. The van der Waals surface area contributed by atoms with Gasteiger partial charge in [0.2, 0.25) is 11.8 Å². The van der Waals surface area contributed by atoms with Crippen molar-refractivity contribution < 1.29 is 32.3 Å². The molecule has 0 spiro atoms. The maximum absolute atomic E-state index is 13.8. The molecule has 0 radical (unpaired) electrons. The highest BCUT2D eigenvalue weighted by atomic mass is 32.2. The summed E-state index contributed by atoms with van der Waals surface area (Å²) in [5.41, 5.74) is 1.10. The van der Waals surface area contributed by atoms with Crippen LogP contribution >= 0.6 is 23.1 Å². The summed E-state index contributed by atoms with van der Waals surface area (Å²) in [4.78, 5) is 55.7. The van der Waals surface area contributed by atoms with E-state index in [1.807, 2.05) is 25.1 Å². The second kappa shape index (κ2) is 11.0. The van der Waals surface area contributed by atoms with Crippen LogP contribution in [0.25, 0.3) is 0 Å². The van der Waals surface area contributed by atoms with E-state index in [2.05, 4.69) is 10.3 Å². The molecule has 3 amide bonds. The molecule has 13 heteroatoms. The van der Waals surface area contributed by atoms with Crippen LogP contribution in [0.4, 0.5) is 24.5 Å². The van der Waals surface area contributed by atoms with Crippen molar-refractivity contribution in [2.24, 2.45) is 5.92 Å². The molecule has 3 atom stereocenters. The number of benzene rings is 3. The number of thioether (sulfide) groups is 1. The van der Waals surface area contributed by atoms with Crippen molar-refractivity contribution in [2.45, 2.75) is 29.3 Å². The van der Waals surface area contributed by atoms with Crippen LogP contribution in [0.2, 0.25) is 0 Å². The Morgan fingerprint density at radius 3 is 2.47 bits per heavy atom. The van der Waals surface area contributed by atoms with E-state index < -0.39 is 40.6 Å². The number of anilines is 2. The molecular formula is C30H22F3N3O5S2. The molecule has 4 aromatic rings. The largest absolute Gasteiger partial charge is 0.484 e. The van der Waals surface area contributed by atoms with Crippen LogP contribution in [0.5, 0.6) is 5.75 Å². The van der Waals surface area contributed by atoms with Crippen LogP contribution in [-0.2, 0) is 20.6 Å². The molecule has 8 nitrogen and oxygen atoms in total. The van der Waals surface area contributed by atoms with Gasteiger partial charge in [-0.2, -0.15) is 13.2 Å². The minimum Gasteiger partial charge on any atom is -0.484 e. The number of aromatic nitrogens is 1. The predicted molar refractivity (Wildman–Crippen MR) is 156 cm³/mol. The van der Waals surface area contributed by atoms with Gasteiger partial charge in [-0.25, -0.2) is 4.90 Å². The van der Waals surface area contributed by atoms with Crippen LogP contribution in [0, 0.1) is 12.8 Å². The minimum atomic E-state index is -4.65. The smallest absolute Gasteiger partial charge is 0.416 e. The summed E-state index contributed by atoms with van der Waals surface area (Å²) in [7, 11) is 0. The Labute approximate surface area is 250 Å². The third-order valence-electron chi connectivity index (χ3n) is 7.17. The van der Waals surface area contributed by atoms with Gasteiger partial charge in [-0.05, 0) is 60.5 Å². The SMILES string of the molecule is Cc1cccc(NC(=O)COc2ccc([C@@H]3c4sc(=O)[nH]c4S[C@H]4C(=O)N(c5cccc(C(F)(F)F)c5)C(=O)[C@@H]34)cc2)c1. The number of imide groups is 1. The Morgan fingerprint density at radius 1 is 1.00 bits per heavy atom. The molecule has 2 aliphatic heterocycles. The molecule has 6 rings (SSSR count). The summed E-state index contributed by atoms with van der Waals surface area (Å²) in [5, 5.41) is 2.25. The maximum Gasteiger partial charge on any atom is 0.416 e. The summed E-state index contributed by atoms with van der Waals surface area (Å²) in [6.45, 7) is 1.66. The van der Waals surface area contributed by atoms with E-state index in [9.17, 15) is 32.3 Å². The standard InChI is InChI=1S/C30H22F3N3O5S2/c1-15-4-2-6-18(12-15)34-21(37)14-41-20-10-8-16(9-11-20)22-23-25(42-26-24(22)43-29(40)35-26)28(39)36(27(23)38)19-7-3-5-17(13-19)30(31,32)33/h2-13,22-23,25H,14H2,1H3,(H,34,37)(H,35,40)/t22-,23-,25+/m0/s1. The monoisotopic (exact) mass is 625 g/mol. The van der Waals surface area contributed by atoms with Crippen LogP contribution in [0.3, 0.4) is 0 Å². The number of hydrogen-bond acceptors (Lipinski definition) is 7. The van der Waals surface area contributed by atoms with E-state index in [-0.39, 0.29) is 23.1 Å². The highest BCUT2D eigenvalue weighted by Crippen LogP contribution is 2.53. The van der Waals surface area contributed by atoms with Gasteiger partial charge in [0.15, 0.2) is 6.61 Å². The number of carbonyl (C=O) groups is 3. The van der Waals surface area contributed by atoms with Gasteiger partial charge < -0.3 is 15.0 Å². The van der Waals surface area contributed by atoms with Gasteiger partial charge in [-0.1, -0.05) is 53.4 Å². The van der Waals surface area contributed by atoms with Gasteiger partial charge in [-0.15, -0.1) is 0 Å². The van der Waals surface area contributed by atoms with E-state index in [1.165, 1.54) is 6.07 Å². The first kappa shape index (κ1) is 28.7. The number of carbonyl (C=O) groups excluding carboxylic acids is 3. The molecule has 0 unspecified atom stereocenters. The van der Waals surface area contributed by atoms with E-state index in [1.54, 1.807) is 30.3 Å². The van der Waals surface area contributed by atoms with Crippen molar-refractivity contribution in [1.29, 1.82) is 0 Å². The normalized spacial score (nSPS) is 19.6. The summed E-state index contributed by atoms with van der Waals surface area (Å²) >= 11 is 1.96. The minimum absolute atomic E-state index is 0.164. The summed E-state index contributed by atoms with van der Waals surface area (Å²) in [6.07, 6.45) is -4.65. The van der Waals surface area contributed by atoms with Crippen molar-refractivity contribution in [3.8, 4) is 5.75 Å². The van der Waals surface area contributed by atoms with Crippen LogP contribution in [-0.4, -0.2) is 34.6 Å². The number of thiazole rings is 1. The fourth-order valence-corrected chi connectivity index (χ4v) is 7.81. The number of H-pyrrole nitrogens is 1. The van der Waals surface area contributed by atoms with Crippen molar-refractivity contribution in [2.75, 3.05) is 16.8 Å². The lowest BCUT2D eigenvalue weighted by atomic mass is 9.83. The second-order valence-electron chi connectivity index (χ2n) is 10.1. The van der Waals surface area contributed by atoms with Crippen LogP contribution in [0.15, 0.2) is 82.6 Å². The maximum atomic E-state index is 13.8. The second-order valence-corrected chi connectivity index (χ2v) is 12.3. The Hall–Kier alpha value is -4.36. The van der Waals surface area contributed by atoms with E-state index >= 15 is 0 Å². The quantitative estimate of drug-likeness (QED) is 0.271. The first-order valence-electron chi connectivity index (χ1n) is 13.0. The fourth-order valence-electron chi connectivity index (χ4n) is 5.29. The highest BCUT2D eigenvalue weighted by Gasteiger charge is 2.56. The first-order valence-corrected chi connectivity index (χ1v) is 14.7. The highest BCUT2D eigenvalue weighted by molar-refractivity contribution is 8.00. The average molecular weight is 626 g/mol. The number of halogens is 3. The zero-order valence-corrected chi connectivity index (χ0v) is 23.9. The van der Waals surface area contributed by atoms with Crippen molar-refractivity contribution >= 4 is 52.2 Å². The topological polar surface area (TPSA) is 109 Å². The van der Waals surface area contributed by atoms with E-state index in [4.69, 9.17) is 4.74 Å². The molecular weight excluding hydrogens is 603 g/mol. The van der Waals surface area contributed by atoms with E-state index in [0.717, 1.165) is 51.8 Å². The zero-order chi connectivity index (χ0) is 30.5. The number of aryl methyl sites for hydroxylation is 1. The zero-order valence-electron chi connectivity index (χ0n) is 22.3. The molecule has 0 aliphatic carbocycles. The molecule has 3 heterocycles. The lowest BCUT2D eigenvalue weighted by Gasteiger charge is -2.29. The Morgan fingerprint density at radius 2 is 1.74 bits per heavy atom. The molecule has 2 aliphatic rings. The van der Waals surface area contributed by atoms with Crippen molar-refractivity contribution in [3.05, 3.63) is 104 Å². The molecule has 43 heavy (non-hydrogen) atoms. The van der Waals surface area contributed by atoms with Gasteiger partial charge in [-0.3, -0.25) is 19.2 Å². The number of rotatable bonds is 6. The van der Waals surface area contributed by atoms with E-state index in [0.29, 0.717) is 26.9 Å². The number of alkyl halides is 3. The number of hydrogen-bond donors (Lipinski definition) is 2. The van der Waals surface area contributed by atoms with Crippen molar-refractivity contribution in [1.82, 2.24) is 4.98 Å². The number of ether oxygens (including phenoxy) is 1. The average Bonchev–Trinajstić information content (AvgIpc) is 3.46. The molecule has 1 aromatic heterocycles. The summed E-state index contributed by atoms with van der Waals surface area (Å²) < 4.78 is 45.8. The molecule has 1 fully saturated rings. The van der Waals surface area contributed by atoms with Gasteiger partial charge in [0, 0.05) is 16.5 Å². The third kappa shape index (κ3) is 5.57. The fraction of sp³-hybridized carbons (Fsp3) is 0.200. The number of nitrogens with zero attached hydrogens (tertiary/aromatic N) is 1. The van der Waals surface area contributed by atoms with Gasteiger partial charge in [0.05, 0.1) is 22.2 Å². The van der Waals surface area contributed by atoms with Gasteiger partial charge in [0.25, 0.3) is 5.91 Å². The van der Waals surface area contributed by atoms with Crippen molar-refractivity contribution in [3.63, 3.8) is 0 Å². The molecule has 3 aromatic carbocycles. The molecule has 2 N–H and O–H groups in total. The number of amides is 3. The van der Waals surface area contributed by atoms with Crippen LogP contribution < -0.4 is 19.8 Å². The number of nitrogens with one attached hydrogen (secondary N) is 2. The number of aromatic amines is 1. The first-order chi connectivity index (χ1) is 20.5. The Kier molecular flexibility index (Phi) is 7.38. The predicted octanol–water partition coefficient (Wildman–Crippen LogP) is 5.58. The van der Waals surface area contributed by atoms with Gasteiger partial charge >= 0.3 is 11.0 Å². The van der Waals surface area contributed by atoms with Gasteiger partial charge in [0.1, 0.15) is 11.0 Å². The number of fused-ring (bicyclic) bond motifs is 2. The molecule has 1 saturated heterocycles. The Bertz CT molecular complexity index is 1800. The lowest BCUT2D eigenvalue weighted by Crippen LogP contribution is -2.32. The molecule has 0 bridgehead atoms. The summed E-state index contributed by atoms with van der Waals surface area (Å²) in [6, 6.07) is 18.0. The molecule has 0 saturated carbocycles. The third-order valence-corrected chi connectivity index (χ3v) is 9.57. The molecule has 220 valence electrons. The lowest BCUT2D eigenvalue weighted by molar-refractivity contribution is -0.137. The van der Waals surface area contributed by atoms with Crippen LogP contribution in [0.1, 0.15) is 27.5 Å². The summed E-state index contributed by atoms with van der Waals surface area (Å²) in [5.74, 6) is -2.94.